The molecule has 0 aromatic heterocycles. The molecule has 60 valence electrons. The molecule has 5 heteroatoms. The topological polar surface area (TPSA) is 34.1 Å². The van der Waals surface area contributed by atoms with E-state index in [1.165, 1.54) is 18.2 Å². The van der Waals surface area contributed by atoms with Gasteiger partial charge in [-0.15, -0.1) is 3.89 Å². The zero-order valence-electron chi connectivity index (χ0n) is 5.29. The molecule has 0 spiro atoms. The highest BCUT2D eigenvalue weighted by molar-refractivity contribution is 9.10. The van der Waals surface area contributed by atoms with Gasteiger partial charge in [0.2, 0.25) is 0 Å². The van der Waals surface area contributed by atoms with Gasteiger partial charge in [0.15, 0.2) is 0 Å². The van der Waals surface area contributed by atoms with Crippen molar-refractivity contribution in [2.45, 2.75) is 4.90 Å². The second-order valence-electron chi connectivity index (χ2n) is 1.87. The zero-order chi connectivity index (χ0) is 8.48. The highest BCUT2D eigenvalue weighted by atomic mass is 79.9. The SMILES string of the molecule is O=S(=O)(F)c1ccccc1Br. The van der Waals surface area contributed by atoms with Crippen LogP contribution in [0.3, 0.4) is 0 Å². The summed E-state index contributed by atoms with van der Waals surface area (Å²) in [7, 11) is -4.58. The molecule has 0 heterocycles. The summed E-state index contributed by atoms with van der Waals surface area (Å²) in [5.41, 5.74) is 0. The summed E-state index contributed by atoms with van der Waals surface area (Å²) in [6, 6.07) is 5.72. The van der Waals surface area contributed by atoms with E-state index >= 15 is 0 Å². The van der Waals surface area contributed by atoms with Gasteiger partial charge in [-0.05, 0) is 28.1 Å². The number of hydrogen-bond donors (Lipinski definition) is 0. The van der Waals surface area contributed by atoms with Crippen molar-refractivity contribution < 1.29 is 12.3 Å². The first kappa shape index (κ1) is 8.67. The van der Waals surface area contributed by atoms with E-state index in [2.05, 4.69) is 15.9 Å². The van der Waals surface area contributed by atoms with E-state index in [4.69, 9.17) is 0 Å². The van der Waals surface area contributed by atoms with Gasteiger partial charge in [-0.2, -0.15) is 8.42 Å². The fourth-order valence-corrected chi connectivity index (χ4v) is 2.05. The Balaban J connectivity index is 3.37. The lowest BCUT2D eigenvalue weighted by Gasteiger charge is -1.95. The van der Waals surface area contributed by atoms with Gasteiger partial charge < -0.3 is 0 Å². The van der Waals surface area contributed by atoms with E-state index in [1.807, 2.05) is 0 Å². The van der Waals surface area contributed by atoms with E-state index in [-0.39, 0.29) is 9.37 Å². The molecule has 0 N–H and O–H groups in total. The number of halogens is 2. The molecule has 1 aromatic rings. The Morgan fingerprint density at radius 2 is 1.82 bits per heavy atom. The monoisotopic (exact) mass is 238 g/mol. The van der Waals surface area contributed by atoms with Crippen molar-refractivity contribution in [2.24, 2.45) is 0 Å². The van der Waals surface area contributed by atoms with Crippen LogP contribution < -0.4 is 0 Å². The third-order valence-electron chi connectivity index (χ3n) is 1.10. The lowest BCUT2D eigenvalue weighted by molar-refractivity contribution is 0.551. The van der Waals surface area contributed by atoms with Gasteiger partial charge in [0.05, 0.1) is 0 Å². The highest BCUT2D eigenvalue weighted by Crippen LogP contribution is 2.22. The van der Waals surface area contributed by atoms with E-state index < -0.39 is 10.2 Å². The van der Waals surface area contributed by atoms with Crippen LogP contribution in [0.2, 0.25) is 0 Å². The second-order valence-corrected chi connectivity index (χ2v) is 4.04. The molecule has 1 rings (SSSR count). The molecule has 0 saturated heterocycles. The summed E-state index contributed by atoms with van der Waals surface area (Å²) in [6.45, 7) is 0. The molecule has 0 atom stereocenters. The lowest BCUT2D eigenvalue weighted by atomic mass is 10.4. The average molecular weight is 239 g/mol. The fourth-order valence-electron chi connectivity index (χ4n) is 0.642. The Morgan fingerprint density at radius 1 is 1.27 bits per heavy atom. The molecular formula is C6H4BrFO2S. The van der Waals surface area contributed by atoms with Crippen LogP contribution in [0.5, 0.6) is 0 Å². The molecule has 0 saturated carbocycles. The first-order valence-electron chi connectivity index (χ1n) is 2.71. The van der Waals surface area contributed by atoms with Crippen molar-refractivity contribution >= 4 is 26.2 Å². The lowest BCUT2D eigenvalue weighted by Crippen LogP contribution is -1.91. The van der Waals surface area contributed by atoms with Crippen LogP contribution in [0.15, 0.2) is 33.6 Å². The van der Waals surface area contributed by atoms with Crippen LogP contribution >= 0.6 is 15.9 Å². The van der Waals surface area contributed by atoms with Crippen LogP contribution in [0.4, 0.5) is 3.89 Å². The maximum atomic E-state index is 12.3. The van der Waals surface area contributed by atoms with Crippen LogP contribution in [-0.4, -0.2) is 8.42 Å². The molecule has 0 fully saturated rings. The van der Waals surface area contributed by atoms with Gasteiger partial charge in [-0.25, -0.2) is 0 Å². The first-order chi connectivity index (χ1) is 5.02. The van der Waals surface area contributed by atoms with Crippen LogP contribution in [0.1, 0.15) is 0 Å². The molecule has 0 amide bonds. The predicted octanol–water partition coefficient (Wildman–Crippen LogP) is 2.11. The van der Waals surface area contributed by atoms with Crippen molar-refractivity contribution in [3.8, 4) is 0 Å². The van der Waals surface area contributed by atoms with Gasteiger partial charge in [0.1, 0.15) is 4.90 Å². The average Bonchev–Trinajstić information content (AvgIpc) is 1.86. The molecule has 0 aliphatic carbocycles. The first-order valence-corrected chi connectivity index (χ1v) is 4.88. The molecule has 11 heavy (non-hydrogen) atoms. The van der Waals surface area contributed by atoms with E-state index in [0.717, 1.165) is 0 Å². The van der Waals surface area contributed by atoms with Crippen molar-refractivity contribution in [3.05, 3.63) is 28.7 Å². The van der Waals surface area contributed by atoms with Crippen LogP contribution in [0, 0.1) is 0 Å². The molecule has 0 bridgehead atoms. The largest absolute Gasteiger partial charge is 0.333 e. The smallest absolute Gasteiger partial charge is 0.189 e. The number of rotatable bonds is 1. The standard InChI is InChI=1S/C6H4BrFO2S/c7-5-3-1-2-4-6(5)11(8,9)10/h1-4H. The summed E-state index contributed by atoms with van der Waals surface area (Å²) in [6.07, 6.45) is 0. The van der Waals surface area contributed by atoms with Crippen molar-refractivity contribution in [1.82, 2.24) is 0 Å². The summed E-state index contributed by atoms with van der Waals surface area (Å²) in [5, 5.41) is 0. The Hall–Kier alpha value is -0.420. The fraction of sp³-hybridized carbons (Fsp3) is 0. The summed E-state index contributed by atoms with van der Waals surface area (Å²) < 4.78 is 33.3. The maximum absolute atomic E-state index is 12.3. The minimum absolute atomic E-state index is 0.238. The Bertz CT molecular complexity index is 361. The van der Waals surface area contributed by atoms with E-state index in [9.17, 15) is 12.3 Å². The molecule has 1 aromatic carbocycles. The molecule has 0 aliphatic heterocycles. The van der Waals surface area contributed by atoms with Gasteiger partial charge in [-0.3, -0.25) is 0 Å². The summed E-state index contributed by atoms with van der Waals surface area (Å²) in [5.74, 6) is 0. The van der Waals surface area contributed by atoms with Crippen LogP contribution in [0.25, 0.3) is 0 Å². The third-order valence-corrected chi connectivity index (χ3v) is 2.93. The molecule has 0 aliphatic rings. The van der Waals surface area contributed by atoms with Crippen LogP contribution in [-0.2, 0) is 10.2 Å². The molecule has 2 nitrogen and oxygen atoms in total. The van der Waals surface area contributed by atoms with E-state index in [1.54, 1.807) is 6.07 Å². The van der Waals surface area contributed by atoms with Gasteiger partial charge >= 0.3 is 10.2 Å². The minimum Gasteiger partial charge on any atom is -0.189 e. The van der Waals surface area contributed by atoms with Gasteiger partial charge in [0, 0.05) is 4.47 Å². The third kappa shape index (κ3) is 2.00. The maximum Gasteiger partial charge on any atom is 0.333 e. The second kappa shape index (κ2) is 2.91. The quantitative estimate of drug-likeness (QED) is 0.703. The Kier molecular flexibility index (Phi) is 2.29. The van der Waals surface area contributed by atoms with Crippen molar-refractivity contribution in [2.75, 3.05) is 0 Å². The molecule has 0 unspecified atom stereocenters. The molecular weight excluding hydrogens is 235 g/mol. The summed E-state index contributed by atoms with van der Waals surface area (Å²) in [4.78, 5) is -0.333. The predicted molar refractivity (Wildman–Crippen MR) is 42.4 cm³/mol. The van der Waals surface area contributed by atoms with Gasteiger partial charge in [0.25, 0.3) is 0 Å². The minimum atomic E-state index is -4.58. The van der Waals surface area contributed by atoms with Crippen molar-refractivity contribution in [1.29, 1.82) is 0 Å². The number of hydrogen-bond acceptors (Lipinski definition) is 2. The van der Waals surface area contributed by atoms with Gasteiger partial charge in [-0.1, -0.05) is 12.1 Å². The zero-order valence-corrected chi connectivity index (χ0v) is 7.69. The number of benzene rings is 1. The van der Waals surface area contributed by atoms with E-state index in [0.29, 0.717) is 0 Å². The highest BCUT2D eigenvalue weighted by Gasteiger charge is 2.14. The Labute approximate surface area is 72.4 Å². The summed E-state index contributed by atoms with van der Waals surface area (Å²) >= 11 is 2.91. The normalized spacial score (nSPS) is 11.5. The Morgan fingerprint density at radius 3 is 2.18 bits per heavy atom. The molecule has 0 radical (unpaired) electrons. The van der Waals surface area contributed by atoms with Crippen molar-refractivity contribution in [3.63, 3.8) is 0 Å².